The number of esters is 1. The van der Waals surface area contributed by atoms with E-state index in [9.17, 15) is 26.4 Å². The third-order valence-corrected chi connectivity index (χ3v) is 8.95. The molecule has 38 heavy (non-hydrogen) atoms. The highest BCUT2D eigenvalue weighted by molar-refractivity contribution is 7.92. The summed E-state index contributed by atoms with van der Waals surface area (Å²) in [7, 11) is -7.80. The normalized spacial score (nSPS) is 22.6. The van der Waals surface area contributed by atoms with E-state index in [0.717, 1.165) is 19.1 Å². The number of fused-ring (bicyclic) bond motifs is 1. The maximum Gasteiger partial charge on any atom is 0.311 e. The number of anilines is 2. The van der Waals surface area contributed by atoms with Gasteiger partial charge in [-0.3, -0.25) is 14.3 Å². The summed E-state index contributed by atoms with van der Waals surface area (Å²) in [6.07, 6.45) is 4.36. The fourth-order valence-electron chi connectivity index (χ4n) is 5.11. The summed E-state index contributed by atoms with van der Waals surface area (Å²) in [5.41, 5.74) is -0.486. The van der Waals surface area contributed by atoms with Gasteiger partial charge >= 0.3 is 5.97 Å². The van der Waals surface area contributed by atoms with Crippen LogP contribution in [0.2, 0.25) is 0 Å². The molecule has 2 aliphatic rings. The summed E-state index contributed by atoms with van der Waals surface area (Å²) in [6, 6.07) is 4.03. The van der Waals surface area contributed by atoms with Crippen molar-refractivity contribution in [1.82, 2.24) is 4.90 Å². The molecule has 0 spiro atoms. The lowest BCUT2D eigenvalue weighted by atomic mass is 9.72. The van der Waals surface area contributed by atoms with Crippen LogP contribution < -0.4 is 10.0 Å². The van der Waals surface area contributed by atoms with Gasteiger partial charge in [0.15, 0.2) is 0 Å². The van der Waals surface area contributed by atoms with Crippen LogP contribution >= 0.6 is 0 Å². The standard InChI is InChI=1S/C25H38N4O7S2/c1-6-36-24(31)19-9-7-8-13-25(19,4)29(14-12-17(2)3)23(30)16-22-26-20-11-10-18(27-37(5,32)33)15-21(20)38(34,35)28-22/h10-11,15,17,19,27H,6-9,12-14,16H2,1-5H3,(H,26,28)/t19-,25-/m0/s1. The van der Waals surface area contributed by atoms with E-state index in [1.54, 1.807) is 11.8 Å². The molecule has 0 unspecified atom stereocenters. The molecular formula is C25H38N4O7S2. The van der Waals surface area contributed by atoms with Crippen molar-refractivity contribution in [3.8, 4) is 0 Å². The topological polar surface area (TPSA) is 151 Å². The fourth-order valence-corrected chi connectivity index (χ4v) is 6.84. The van der Waals surface area contributed by atoms with Crippen LogP contribution in [0, 0.1) is 11.8 Å². The molecule has 0 saturated heterocycles. The second kappa shape index (κ2) is 11.6. The van der Waals surface area contributed by atoms with Crippen LogP contribution in [0.15, 0.2) is 27.5 Å². The van der Waals surface area contributed by atoms with Crippen molar-refractivity contribution in [2.24, 2.45) is 16.2 Å². The Balaban J connectivity index is 1.90. The van der Waals surface area contributed by atoms with Crippen LogP contribution in [0.25, 0.3) is 0 Å². The summed E-state index contributed by atoms with van der Waals surface area (Å²) in [5, 5.41) is 2.92. The molecule has 3 rings (SSSR count). The van der Waals surface area contributed by atoms with Crippen molar-refractivity contribution in [1.29, 1.82) is 0 Å². The number of hydrogen-bond donors (Lipinski definition) is 2. The lowest BCUT2D eigenvalue weighted by Gasteiger charge is -2.48. The van der Waals surface area contributed by atoms with Gasteiger partial charge in [0.25, 0.3) is 10.0 Å². The largest absolute Gasteiger partial charge is 0.466 e. The van der Waals surface area contributed by atoms with Gasteiger partial charge in [0.2, 0.25) is 15.9 Å². The Hall–Kier alpha value is -2.67. The van der Waals surface area contributed by atoms with Crippen LogP contribution in [0.3, 0.4) is 0 Å². The number of carbonyl (C=O) groups excluding carboxylic acids is 2. The quantitative estimate of drug-likeness (QED) is 0.407. The number of nitrogens with zero attached hydrogens (tertiary/aromatic N) is 2. The van der Waals surface area contributed by atoms with Gasteiger partial charge in [-0.15, -0.1) is 4.40 Å². The van der Waals surface area contributed by atoms with E-state index in [0.29, 0.717) is 31.7 Å². The number of hydrogen-bond acceptors (Lipinski definition) is 8. The molecule has 13 heteroatoms. The molecule has 1 fully saturated rings. The highest BCUT2D eigenvalue weighted by Gasteiger charge is 2.48. The van der Waals surface area contributed by atoms with Gasteiger partial charge in [0.05, 0.1) is 36.4 Å². The molecule has 1 aromatic rings. The number of benzene rings is 1. The van der Waals surface area contributed by atoms with E-state index < -0.39 is 31.5 Å². The smallest absolute Gasteiger partial charge is 0.311 e. The summed E-state index contributed by atoms with van der Waals surface area (Å²) in [5.74, 6) is -0.845. The number of ether oxygens (including phenoxy) is 1. The minimum atomic E-state index is -4.19. The Morgan fingerprint density at radius 3 is 2.63 bits per heavy atom. The monoisotopic (exact) mass is 570 g/mol. The average molecular weight is 571 g/mol. The van der Waals surface area contributed by atoms with Crippen molar-refractivity contribution in [2.75, 3.05) is 29.4 Å². The van der Waals surface area contributed by atoms with Gasteiger partial charge in [-0.1, -0.05) is 26.7 Å². The van der Waals surface area contributed by atoms with Crippen LogP contribution in [0.4, 0.5) is 11.4 Å². The second-order valence-electron chi connectivity index (χ2n) is 10.5. The maximum atomic E-state index is 13.8. The number of rotatable bonds is 10. The number of carbonyl (C=O) groups is 2. The number of amidine groups is 1. The van der Waals surface area contributed by atoms with Gasteiger partial charge in [0, 0.05) is 12.2 Å². The molecule has 0 aromatic heterocycles. The third kappa shape index (κ3) is 7.04. The van der Waals surface area contributed by atoms with Crippen molar-refractivity contribution in [2.45, 2.75) is 76.7 Å². The molecule has 0 bridgehead atoms. The molecule has 0 radical (unpaired) electrons. The highest BCUT2D eigenvalue weighted by atomic mass is 32.2. The Bertz CT molecular complexity index is 1310. The van der Waals surface area contributed by atoms with E-state index >= 15 is 0 Å². The van der Waals surface area contributed by atoms with Crippen molar-refractivity contribution >= 4 is 49.1 Å². The van der Waals surface area contributed by atoms with Crippen LogP contribution in [-0.4, -0.2) is 64.4 Å². The maximum absolute atomic E-state index is 13.8. The molecule has 1 amide bonds. The zero-order chi connectivity index (χ0) is 28.3. The van der Waals surface area contributed by atoms with Crippen LogP contribution in [0.5, 0.6) is 0 Å². The molecule has 1 aliphatic heterocycles. The Morgan fingerprint density at radius 2 is 2.00 bits per heavy atom. The lowest BCUT2D eigenvalue weighted by molar-refractivity contribution is -0.159. The van der Waals surface area contributed by atoms with Gasteiger partial charge < -0.3 is 15.0 Å². The third-order valence-electron chi connectivity index (χ3n) is 6.99. The zero-order valence-corrected chi connectivity index (χ0v) is 24.2. The first-order chi connectivity index (χ1) is 17.7. The molecular weight excluding hydrogens is 532 g/mol. The Kier molecular flexibility index (Phi) is 9.12. The summed E-state index contributed by atoms with van der Waals surface area (Å²) < 4.78 is 60.4. The molecule has 1 aromatic carbocycles. The molecule has 1 saturated carbocycles. The van der Waals surface area contributed by atoms with Gasteiger partial charge in [-0.05, 0) is 57.2 Å². The Labute approximate surface area is 225 Å². The van der Waals surface area contributed by atoms with E-state index in [4.69, 9.17) is 4.74 Å². The number of nitrogens with one attached hydrogen (secondary N) is 2. The zero-order valence-electron chi connectivity index (χ0n) is 22.6. The van der Waals surface area contributed by atoms with Crippen molar-refractivity contribution in [3.05, 3.63) is 18.2 Å². The molecule has 1 aliphatic carbocycles. The molecule has 212 valence electrons. The van der Waals surface area contributed by atoms with Crippen molar-refractivity contribution in [3.63, 3.8) is 0 Å². The highest BCUT2D eigenvalue weighted by Crippen LogP contribution is 2.40. The SMILES string of the molecule is CCOC(=O)[C@@H]1CCCC[C@]1(C)N(CCC(C)C)C(=O)CC1=NS(=O)(=O)c2cc(NS(C)(=O)=O)ccc2N1. The van der Waals surface area contributed by atoms with E-state index in [1.165, 1.54) is 18.2 Å². The van der Waals surface area contributed by atoms with Gasteiger partial charge in [-0.2, -0.15) is 8.42 Å². The van der Waals surface area contributed by atoms with E-state index in [-0.39, 0.29) is 47.0 Å². The van der Waals surface area contributed by atoms with Crippen LogP contribution in [-0.2, 0) is 34.4 Å². The van der Waals surface area contributed by atoms with Crippen molar-refractivity contribution < 1.29 is 31.2 Å². The summed E-state index contributed by atoms with van der Waals surface area (Å²) >= 11 is 0. The first kappa shape index (κ1) is 29.9. The number of sulfonamides is 2. The first-order valence-electron chi connectivity index (χ1n) is 12.9. The average Bonchev–Trinajstić information content (AvgIpc) is 2.78. The minimum Gasteiger partial charge on any atom is -0.466 e. The summed E-state index contributed by atoms with van der Waals surface area (Å²) in [6.45, 7) is 8.45. The second-order valence-corrected chi connectivity index (χ2v) is 13.9. The summed E-state index contributed by atoms with van der Waals surface area (Å²) in [4.78, 5) is 28.2. The van der Waals surface area contributed by atoms with E-state index in [1.807, 2.05) is 6.92 Å². The molecule has 1 heterocycles. The van der Waals surface area contributed by atoms with Gasteiger partial charge in [0.1, 0.15) is 10.7 Å². The number of amides is 1. The first-order valence-corrected chi connectivity index (χ1v) is 16.2. The van der Waals surface area contributed by atoms with Gasteiger partial charge in [-0.25, -0.2) is 8.42 Å². The predicted molar refractivity (Wildman–Crippen MR) is 146 cm³/mol. The van der Waals surface area contributed by atoms with Crippen LogP contribution in [0.1, 0.15) is 66.2 Å². The Morgan fingerprint density at radius 1 is 1.29 bits per heavy atom. The fraction of sp³-hybridized carbons (Fsp3) is 0.640. The molecule has 2 atom stereocenters. The molecule has 2 N–H and O–H groups in total. The minimum absolute atomic E-state index is 0.0343. The predicted octanol–water partition coefficient (Wildman–Crippen LogP) is 3.35. The lowest BCUT2D eigenvalue weighted by Crippen LogP contribution is -2.58. The molecule has 11 nitrogen and oxygen atoms in total. The van der Waals surface area contributed by atoms with E-state index in [2.05, 4.69) is 28.3 Å².